The fourth-order valence-electron chi connectivity index (χ4n) is 4.52. The van der Waals surface area contributed by atoms with Crippen molar-refractivity contribution in [1.82, 2.24) is 10.2 Å². The van der Waals surface area contributed by atoms with Crippen molar-refractivity contribution >= 4 is 28.3 Å². The van der Waals surface area contributed by atoms with Crippen LogP contribution in [0, 0.1) is 5.92 Å². The highest BCUT2D eigenvalue weighted by atomic mass is 16.5. The first-order valence-corrected chi connectivity index (χ1v) is 12.1. The first kappa shape index (κ1) is 22.6. The van der Waals surface area contributed by atoms with E-state index in [9.17, 15) is 9.59 Å². The summed E-state index contributed by atoms with van der Waals surface area (Å²) in [5, 5.41) is 8.01. The molecule has 176 valence electrons. The van der Waals surface area contributed by atoms with Gasteiger partial charge in [0.05, 0.1) is 24.0 Å². The zero-order valence-electron chi connectivity index (χ0n) is 19.5. The average Bonchev–Trinajstić information content (AvgIpc) is 3.68. The molecule has 1 heterocycles. The Morgan fingerprint density at radius 2 is 1.76 bits per heavy atom. The highest BCUT2D eigenvalue weighted by Crippen LogP contribution is 2.32. The van der Waals surface area contributed by atoms with Crippen molar-refractivity contribution in [2.45, 2.75) is 39.0 Å². The van der Waals surface area contributed by atoms with Gasteiger partial charge in [-0.1, -0.05) is 48.5 Å². The largest absolute Gasteiger partial charge is 0.376 e. The quantitative estimate of drug-likeness (QED) is 0.554. The number of carbonyl (C=O) groups is 2. The van der Waals surface area contributed by atoms with Crippen molar-refractivity contribution in [2.75, 3.05) is 25.0 Å². The minimum atomic E-state index is -0.191. The zero-order valence-corrected chi connectivity index (χ0v) is 19.5. The maximum atomic E-state index is 13.2. The fraction of sp³-hybridized carbons (Fsp3) is 0.357. The highest BCUT2D eigenvalue weighted by molar-refractivity contribution is 6.08. The van der Waals surface area contributed by atoms with Crippen molar-refractivity contribution in [2.24, 2.45) is 5.92 Å². The molecular formula is C28H31N3O3. The van der Waals surface area contributed by atoms with E-state index in [4.69, 9.17) is 4.74 Å². The normalized spacial score (nSPS) is 18.6. The van der Waals surface area contributed by atoms with Gasteiger partial charge in [0.15, 0.2) is 0 Å². The number of nitrogens with one attached hydrogen (secondary N) is 2. The van der Waals surface area contributed by atoms with Gasteiger partial charge in [-0.2, -0.15) is 0 Å². The van der Waals surface area contributed by atoms with E-state index in [1.165, 1.54) is 5.56 Å². The van der Waals surface area contributed by atoms with Crippen molar-refractivity contribution in [1.29, 1.82) is 0 Å². The van der Waals surface area contributed by atoms with Crippen molar-refractivity contribution in [3.63, 3.8) is 0 Å². The lowest BCUT2D eigenvalue weighted by Gasteiger charge is -2.31. The number of anilines is 1. The monoisotopic (exact) mass is 457 g/mol. The van der Waals surface area contributed by atoms with E-state index in [-0.39, 0.29) is 23.8 Å². The predicted octanol–water partition coefficient (Wildman–Crippen LogP) is 4.34. The summed E-state index contributed by atoms with van der Waals surface area (Å²) in [6, 6.07) is 20.0. The molecule has 0 spiro atoms. The van der Waals surface area contributed by atoms with Crippen molar-refractivity contribution in [3.8, 4) is 0 Å². The molecule has 2 fully saturated rings. The molecule has 3 aromatic rings. The van der Waals surface area contributed by atoms with E-state index in [2.05, 4.69) is 34.6 Å². The van der Waals surface area contributed by atoms with E-state index < -0.39 is 0 Å². The maximum Gasteiger partial charge on any atom is 0.253 e. The Balaban J connectivity index is 1.29. The predicted molar refractivity (Wildman–Crippen MR) is 134 cm³/mol. The van der Waals surface area contributed by atoms with Gasteiger partial charge in [0.25, 0.3) is 5.91 Å². The van der Waals surface area contributed by atoms with Gasteiger partial charge < -0.3 is 15.4 Å². The summed E-state index contributed by atoms with van der Waals surface area (Å²) < 4.78 is 5.64. The molecule has 1 aliphatic carbocycles. The van der Waals surface area contributed by atoms with Crippen LogP contribution in [0.4, 0.5) is 5.69 Å². The van der Waals surface area contributed by atoms with Crippen LogP contribution in [-0.2, 0) is 22.6 Å². The lowest BCUT2D eigenvalue weighted by Crippen LogP contribution is -2.40. The lowest BCUT2D eigenvalue weighted by atomic mass is 10.0. The van der Waals surface area contributed by atoms with E-state index in [0.29, 0.717) is 17.8 Å². The summed E-state index contributed by atoms with van der Waals surface area (Å²) in [4.78, 5) is 28.0. The number of morpholine rings is 1. The van der Waals surface area contributed by atoms with Crippen LogP contribution in [0.3, 0.4) is 0 Å². The van der Waals surface area contributed by atoms with E-state index in [1.807, 2.05) is 48.5 Å². The first-order chi connectivity index (χ1) is 16.5. The van der Waals surface area contributed by atoms with Crippen LogP contribution in [-0.4, -0.2) is 42.5 Å². The number of nitrogens with zero attached hydrogens (tertiary/aromatic N) is 1. The molecule has 34 heavy (non-hydrogen) atoms. The van der Waals surface area contributed by atoms with Crippen LogP contribution in [0.15, 0.2) is 60.7 Å². The van der Waals surface area contributed by atoms with Gasteiger partial charge in [0.2, 0.25) is 5.91 Å². The molecule has 2 N–H and O–H groups in total. The summed E-state index contributed by atoms with van der Waals surface area (Å²) in [6.07, 6.45) is 2.09. The number of carbonyl (C=O) groups excluding carboxylic acids is 2. The number of amides is 2. The van der Waals surface area contributed by atoms with Crippen LogP contribution in [0.2, 0.25) is 0 Å². The van der Waals surface area contributed by atoms with E-state index in [0.717, 1.165) is 55.4 Å². The minimum absolute atomic E-state index is 0.00513. The number of rotatable bonds is 7. The summed E-state index contributed by atoms with van der Waals surface area (Å²) in [5.74, 6) is -0.127. The molecule has 6 heteroatoms. The third-order valence-corrected chi connectivity index (χ3v) is 6.51. The van der Waals surface area contributed by atoms with Gasteiger partial charge in [0, 0.05) is 32.1 Å². The van der Waals surface area contributed by atoms with Gasteiger partial charge >= 0.3 is 0 Å². The Hall–Kier alpha value is -3.22. The lowest BCUT2D eigenvalue weighted by molar-refractivity contribution is -0.117. The number of fused-ring (bicyclic) bond motifs is 1. The highest BCUT2D eigenvalue weighted by Gasteiger charge is 2.30. The second-order valence-electron chi connectivity index (χ2n) is 9.43. The van der Waals surface area contributed by atoms with E-state index >= 15 is 0 Å². The van der Waals surface area contributed by atoms with Crippen LogP contribution >= 0.6 is 0 Å². The van der Waals surface area contributed by atoms with Crippen LogP contribution in [0.5, 0.6) is 0 Å². The summed E-state index contributed by atoms with van der Waals surface area (Å²) in [6.45, 7) is 6.03. The molecule has 6 nitrogen and oxygen atoms in total. The fourth-order valence-corrected chi connectivity index (χ4v) is 4.52. The van der Waals surface area contributed by atoms with Crippen LogP contribution in [0.25, 0.3) is 10.8 Å². The molecule has 0 radical (unpaired) electrons. The molecule has 2 amide bonds. The summed E-state index contributed by atoms with van der Waals surface area (Å²) in [5.41, 5.74) is 3.34. The zero-order chi connectivity index (χ0) is 23.5. The number of benzene rings is 3. The Bertz CT molecular complexity index is 1200. The first-order valence-electron chi connectivity index (χ1n) is 12.1. The standard InChI is InChI=1S/C28H31N3O3/c1-19-17-31(11-12-34-19)18-21-6-4-5-20(13-21)16-29-28(33)25-14-23-7-2-3-8-24(23)15-26(25)30-27(32)22-9-10-22/h2-8,13-15,19,22H,9-12,16-18H2,1H3,(H,29,33)(H,30,32). The van der Waals surface area contributed by atoms with E-state index in [1.54, 1.807) is 0 Å². The number of hydrogen-bond donors (Lipinski definition) is 2. The Labute approximate surface area is 200 Å². The molecule has 1 aliphatic heterocycles. The van der Waals surface area contributed by atoms with Gasteiger partial charge in [-0.3, -0.25) is 14.5 Å². The van der Waals surface area contributed by atoms with Crippen molar-refractivity contribution < 1.29 is 14.3 Å². The molecule has 0 bridgehead atoms. The van der Waals surface area contributed by atoms with Crippen molar-refractivity contribution in [3.05, 3.63) is 77.4 Å². The van der Waals surface area contributed by atoms with Gasteiger partial charge in [-0.05, 0) is 53.8 Å². The molecule has 0 aromatic heterocycles. The Morgan fingerprint density at radius 1 is 1.00 bits per heavy atom. The molecule has 3 aromatic carbocycles. The molecule has 1 saturated heterocycles. The maximum absolute atomic E-state index is 13.2. The molecule has 1 saturated carbocycles. The van der Waals surface area contributed by atoms with Crippen LogP contribution < -0.4 is 10.6 Å². The summed E-state index contributed by atoms with van der Waals surface area (Å²) >= 11 is 0. The second-order valence-corrected chi connectivity index (χ2v) is 9.43. The number of ether oxygens (including phenoxy) is 1. The smallest absolute Gasteiger partial charge is 0.253 e. The van der Waals surface area contributed by atoms with Gasteiger partial charge in [0.1, 0.15) is 0 Å². The third-order valence-electron chi connectivity index (χ3n) is 6.51. The SMILES string of the molecule is CC1CN(Cc2cccc(CNC(=O)c3cc4ccccc4cc3NC(=O)C3CC3)c2)CCO1. The Morgan fingerprint density at radius 3 is 2.53 bits per heavy atom. The third kappa shape index (κ3) is 5.46. The molecular weight excluding hydrogens is 426 g/mol. The Kier molecular flexibility index (Phi) is 6.61. The van der Waals surface area contributed by atoms with Gasteiger partial charge in [-0.15, -0.1) is 0 Å². The average molecular weight is 458 g/mol. The number of hydrogen-bond acceptors (Lipinski definition) is 4. The molecule has 1 atom stereocenters. The summed E-state index contributed by atoms with van der Waals surface area (Å²) in [7, 11) is 0. The van der Waals surface area contributed by atoms with Gasteiger partial charge in [-0.25, -0.2) is 0 Å². The molecule has 2 aliphatic rings. The molecule has 1 unspecified atom stereocenters. The molecule has 5 rings (SSSR count). The minimum Gasteiger partial charge on any atom is -0.376 e. The topological polar surface area (TPSA) is 70.7 Å². The second kappa shape index (κ2) is 9.95. The van der Waals surface area contributed by atoms with Crippen LogP contribution in [0.1, 0.15) is 41.3 Å².